The van der Waals surface area contributed by atoms with Gasteiger partial charge >= 0.3 is 5.97 Å². The zero-order valence-electron chi connectivity index (χ0n) is 12.5. The van der Waals surface area contributed by atoms with Crippen molar-refractivity contribution in [1.29, 1.82) is 0 Å². The van der Waals surface area contributed by atoms with Crippen LogP contribution in [0, 0.1) is 11.8 Å². The van der Waals surface area contributed by atoms with E-state index in [-0.39, 0.29) is 29.8 Å². The first-order chi connectivity index (χ1) is 9.61. The van der Waals surface area contributed by atoms with Gasteiger partial charge < -0.3 is 14.4 Å². The highest BCUT2D eigenvalue weighted by atomic mass is 16.5. The van der Waals surface area contributed by atoms with Crippen molar-refractivity contribution in [3.8, 4) is 0 Å². The Morgan fingerprint density at radius 1 is 1.30 bits per heavy atom. The zero-order chi connectivity index (χ0) is 14.5. The fraction of sp³-hybridized carbons (Fsp3) is 0.867. The summed E-state index contributed by atoms with van der Waals surface area (Å²) < 4.78 is 10.4. The van der Waals surface area contributed by atoms with Crippen LogP contribution in [0.4, 0.5) is 0 Å². The van der Waals surface area contributed by atoms with E-state index in [4.69, 9.17) is 9.47 Å². The van der Waals surface area contributed by atoms with Crippen LogP contribution in [0.15, 0.2) is 0 Å². The number of nitrogens with zero attached hydrogens (tertiary/aromatic N) is 1. The van der Waals surface area contributed by atoms with Gasteiger partial charge in [0.1, 0.15) is 0 Å². The molecule has 2 fully saturated rings. The number of hydrogen-bond acceptors (Lipinski definition) is 4. The molecule has 20 heavy (non-hydrogen) atoms. The molecule has 2 saturated heterocycles. The number of likely N-dealkylation sites (tertiary alicyclic amines) is 1. The first kappa shape index (κ1) is 15.3. The molecular formula is C15H25NO4. The lowest BCUT2D eigenvalue weighted by Crippen LogP contribution is -2.31. The van der Waals surface area contributed by atoms with Crippen LogP contribution in [-0.2, 0) is 19.1 Å². The summed E-state index contributed by atoms with van der Waals surface area (Å²) >= 11 is 0. The Kier molecular flexibility index (Phi) is 5.40. The zero-order valence-corrected chi connectivity index (χ0v) is 12.5. The summed E-state index contributed by atoms with van der Waals surface area (Å²) in [5.74, 6) is -0.0620. The molecule has 0 N–H and O–H groups in total. The number of esters is 1. The molecular weight excluding hydrogens is 258 g/mol. The largest absolute Gasteiger partial charge is 0.469 e. The third kappa shape index (κ3) is 3.72. The minimum atomic E-state index is -0.205. The van der Waals surface area contributed by atoms with Crippen molar-refractivity contribution in [2.75, 3.05) is 26.8 Å². The fourth-order valence-electron chi connectivity index (χ4n) is 3.11. The highest BCUT2D eigenvalue weighted by Gasteiger charge is 2.37. The molecule has 2 rings (SSSR count). The molecule has 0 aliphatic carbocycles. The summed E-state index contributed by atoms with van der Waals surface area (Å²) in [5, 5.41) is 0. The number of carbonyl (C=O) groups is 2. The van der Waals surface area contributed by atoms with Crippen molar-refractivity contribution in [2.24, 2.45) is 11.8 Å². The van der Waals surface area contributed by atoms with Gasteiger partial charge in [-0.1, -0.05) is 6.92 Å². The van der Waals surface area contributed by atoms with Crippen molar-refractivity contribution in [3.05, 3.63) is 0 Å². The first-order valence-electron chi connectivity index (χ1n) is 7.59. The van der Waals surface area contributed by atoms with Gasteiger partial charge in [0.25, 0.3) is 0 Å². The molecule has 114 valence electrons. The number of hydrogen-bond donors (Lipinski definition) is 0. The highest BCUT2D eigenvalue weighted by molar-refractivity contribution is 5.79. The molecule has 2 aliphatic rings. The maximum atomic E-state index is 12.2. The summed E-state index contributed by atoms with van der Waals surface area (Å²) in [4.78, 5) is 25.6. The van der Waals surface area contributed by atoms with Gasteiger partial charge in [0.2, 0.25) is 5.91 Å². The van der Waals surface area contributed by atoms with Crippen LogP contribution in [-0.4, -0.2) is 49.7 Å². The Morgan fingerprint density at radius 3 is 2.75 bits per heavy atom. The second-order valence-corrected chi connectivity index (χ2v) is 5.93. The van der Waals surface area contributed by atoms with Gasteiger partial charge in [-0.3, -0.25) is 9.59 Å². The van der Waals surface area contributed by atoms with Gasteiger partial charge in [-0.2, -0.15) is 0 Å². The van der Waals surface area contributed by atoms with Crippen molar-refractivity contribution in [3.63, 3.8) is 0 Å². The normalized spacial score (nSPS) is 30.3. The quantitative estimate of drug-likeness (QED) is 0.735. The summed E-state index contributed by atoms with van der Waals surface area (Å²) in [6.45, 7) is 3.98. The molecule has 0 saturated carbocycles. The Hall–Kier alpha value is -1.10. The average molecular weight is 283 g/mol. The second-order valence-electron chi connectivity index (χ2n) is 5.93. The van der Waals surface area contributed by atoms with E-state index < -0.39 is 0 Å². The standard InChI is InChI=1S/C15H25NO4/c1-11-9-16(10-13(11)15(18)19-2)14(17)7-6-12-5-3-4-8-20-12/h11-13H,3-10H2,1-2H3. The van der Waals surface area contributed by atoms with Crippen LogP contribution in [0.25, 0.3) is 0 Å². The van der Waals surface area contributed by atoms with Crippen molar-refractivity contribution in [1.82, 2.24) is 4.90 Å². The van der Waals surface area contributed by atoms with Crippen LogP contribution in [0.1, 0.15) is 39.0 Å². The van der Waals surface area contributed by atoms with Crippen molar-refractivity contribution >= 4 is 11.9 Å². The second kappa shape index (κ2) is 7.07. The summed E-state index contributed by atoms with van der Waals surface area (Å²) in [6.07, 6.45) is 4.95. The van der Waals surface area contributed by atoms with Crippen LogP contribution in [0.3, 0.4) is 0 Å². The molecule has 5 heteroatoms. The monoisotopic (exact) mass is 283 g/mol. The van der Waals surface area contributed by atoms with E-state index in [9.17, 15) is 9.59 Å². The maximum Gasteiger partial charge on any atom is 0.310 e. The third-order valence-electron chi connectivity index (χ3n) is 4.42. The molecule has 0 aromatic carbocycles. The first-order valence-corrected chi connectivity index (χ1v) is 7.59. The minimum Gasteiger partial charge on any atom is -0.469 e. The fourth-order valence-corrected chi connectivity index (χ4v) is 3.11. The van der Waals surface area contributed by atoms with Crippen LogP contribution in [0.2, 0.25) is 0 Å². The molecule has 2 aliphatic heterocycles. The van der Waals surface area contributed by atoms with E-state index in [0.29, 0.717) is 19.5 Å². The highest BCUT2D eigenvalue weighted by Crippen LogP contribution is 2.25. The lowest BCUT2D eigenvalue weighted by molar-refractivity contribution is -0.146. The number of amides is 1. The lowest BCUT2D eigenvalue weighted by atomic mass is 9.99. The lowest BCUT2D eigenvalue weighted by Gasteiger charge is -2.23. The van der Waals surface area contributed by atoms with E-state index in [1.54, 1.807) is 4.90 Å². The van der Waals surface area contributed by atoms with E-state index in [1.165, 1.54) is 13.5 Å². The SMILES string of the molecule is COC(=O)C1CN(C(=O)CCC2CCCCO2)CC1C. The summed E-state index contributed by atoms with van der Waals surface area (Å²) in [5.41, 5.74) is 0. The molecule has 2 heterocycles. The number of rotatable bonds is 4. The summed E-state index contributed by atoms with van der Waals surface area (Å²) in [6, 6.07) is 0. The van der Waals surface area contributed by atoms with E-state index >= 15 is 0 Å². The molecule has 1 amide bonds. The van der Waals surface area contributed by atoms with Gasteiger partial charge in [0.15, 0.2) is 0 Å². The van der Waals surface area contributed by atoms with Gasteiger partial charge in [0, 0.05) is 26.1 Å². The molecule has 5 nitrogen and oxygen atoms in total. The Balaban J connectivity index is 1.77. The van der Waals surface area contributed by atoms with Gasteiger partial charge in [-0.25, -0.2) is 0 Å². The summed E-state index contributed by atoms with van der Waals surface area (Å²) in [7, 11) is 1.40. The van der Waals surface area contributed by atoms with Gasteiger partial charge in [-0.05, 0) is 31.6 Å². The minimum absolute atomic E-state index is 0.137. The average Bonchev–Trinajstić information content (AvgIpc) is 2.87. The van der Waals surface area contributed by atoms with Gasteiger partial charge in [0.05, 0.1) is 19.1 Å². The Bertz CT molecular complexity index is 352. The maximum absolute atomic E-state index is 12.2. The third-order valence-corrected chi connectivity index (χ3v) is 4.42. The van der Waals surface area contributed by atoms with Crippen molar-refractivity contribution < 1.29 is 19.1 Å². The topological polar surface area (TPSA) is 55.8 Å². The smallest absolute Gasteiger partial charge is 0.310 e. The molecule has 0 bridgehead atoms. The van der Waals surface area contributed by atoms with E-state index in [1.807, 2.05) is 6.92 Å². The van der Waals surface area contributed by atoms with E-state index in [0.717, 1.165) is 25.9 Å². The predicted molar refractivity (Wildman–Crippen MR) is 74.1 cm³/mol. The predicted octanol–water partition coefficient (Wildman–Crippen LogP) is 1.60. The molecule has 0 aromatic heterocycles. The Labute approximate surface area is 120 Å². The molecule has 0 spiro atoms. The van der Waals surface area contributed by atoms with Crippen molar-refractivity contribution in [2.45, 2.75) is 45.1 Å². The molecule has 3 atom stereocenters. The van der Waals surface area contributed by atoms with E-state index in [2.05, 4.69) is 0 Å². The number of methoxy groups -OCH3 is 1. The van der Waals surface area contributed by atoms with Crippen LogP contribution >= 0.6 is 0 Å². The molecule has 3 unspecified atom stereocenters. The van der Waals surface area contributed by atoms with Gasteiger partial charge in [-0.15, -0.1) is 0 Å². The van der Waals surface area contributed by atoms with Crippen LogP contribution < -0.4 is 0 Å². The molecule has 0 aromatic rings. The van der Waals surface area contributed by atoms with Crippen LogP contribution in [0.5, 0.6) is 0 Å². The number of carbonyl (C=O) groups excluding carboxylic acids is 2. The molecule has 0 radical (unpaired) electrons. The Morgan fingerprint density at radius 2 is 2.10 bits per heavy atom. The number of ether oxygens (including phenoxy) is 2.